The average Bonchev–Trinajstić information content (AvgIpc) is 2.96. The summed E-state index contributed by atoms with van der Waals surface area (Å²) < 4.78 is 15.9. The molecule has 0 aliphatic heterocycles. The standard InChI is InChI=1S/C21H17NO9/c1-10(23)29-13-4-6-15-17(8-13)31-18(20(15)30-11(2)24)9-19(26)22-12-3-5-14(21(27)28)16(25)7-12/h3-8,25H,9H2,1-2H3,(H,22,26)(H,27,28). The van der Waals surface area contributed by atoms with Gasteiger partial charge in [-0.25, -0.2) is 4.79 Å². The number of carbonyl (C=O) groups excluding carboxylic acids is 3. The zero-order chi connectivity index (χ0) is 22.7. The molecule has 0 aliphatic rings. The number of fused-ring (bicyclic) bond motifs is 1. The number of aromatic hydroxyl groups is 1. The van der Waals surface area contributed by atoms with Crippen molar-refractivity contribution in [2.24, 2.45) is 0 Å². The Morgan fingerprint density at radius 3 is 2.32 bits per heavy atom. The Balaban J connectivity index is 1.87. The third kappa shape index (κ3) is 4.99. The summed E-state index contributed by atoms with van der Waals surface area (Å²) in [7, 11) is 0. The fourth-order valence-electron chi connectivity index (χ4n) is 2.85. The molecule has 0 fully saturated rings. The van der Waals surface area contributed by atoms with E-state index >= 15 is 0 Å². The highest BCUT2D eigenvalue weighted by Crippen LogP contribution is 2.36. The Hall–Kier alpha value is -4.34. The van der Waals surface area contributed by atoms with Gasteiger partial charge in [0.25, 0.3) is 0 Å². The molecular formula is C21H17NO9. The molecule has 10 heteroatoms. The highest BCUT2D eigenvalue weighted by molar-refractivity contribution is 5.97. The maximum absolute atomic E-state index is 12.5. The molecule has 0 atom stereocenters. The minimum atomic E-state index is -1.31. The van der Waals surface area contributed by atoms with E-state index in [1.54, 1.807) is 0 Å². The number of nitrogens with one attached hydrogen (secondary N) is 1. The Kier molecular flexibility index (Phi) is 5.91. The first-order valence-corrected chi connectivity index (χ1v) is 8.92. The molecule has 10 nitrogen and oxygen atoms in total. The summed E-state index contributed by atoms with van der Waals surface area (Å²) in [6.45, 7) is 2.44. The smallest absolute Gasteiger partial charge is 0.339 e. The van der Waals surface area contributed by atoms with E-state index < -0.39 is 29.6 Å². The first-order valence-electron chi connectivity index (χ1n) is 8.92. The van der Waals surface area contributed by atoms with Crippen molar-refractivity contribution in [3.8, 4) is 17.2 Å². The van der Waals surface area contributed by atoms with Gasteiger partial charge in [0.2, 0.25) is 5.91 Å². The lowest BCUT2D eigenvalue weighted by molar-refractivity contribution is -0.132. The van der Waals surface area contributed by atoms with Gasteiger partial charge in [-0.3, -0.25) is 14.4 Å². The van der Waals surface area contributed by atoms with Crippen LogP contribution in [0.3, 0.4) is 0 Å². The molecule has 1 heterocycles. The van der Waals surface area contributed by atoms with Gasteiger partial charge in [0.05, 0.1) is 11.8 Å². The maximum atomic E-state index is 12.5. The average molecular weight is 427 g/mol. The third-order valence-electron chi connectivity index (χ3n) is 4.02. The van der Waals surface area contributed by atoms with Crippen LogP contribution in [-0.2, 0) is 20.8 Å². The number of hydrogen-bond donors (Lipinski definition) is 3. The number of furan rings is 1. The summed E-state index contributed by atoms with van der Waals surface area (Å²) in [6.07, 6.45) is -0.332. The molecule has 0 spiro atoms. The van der Waals surface area contributed by atoms with Crippen LogP contribution in [0, 0.1) is 0 Å². The number of carbonyl (C=O) groups is 4. The van der Waals surface area contributed by atoms with Crippen LogP contribution in [0.15, 0.2) is 40.8 Å². The molecular weight excluding hydrogens is 410 g/mol. The molecule has 3 aromatic rings. The van der Waals surface area contributed by atoms with E-state index in [1.165, 1.54) is 38.1 Å². The largest absolute Gasteiger partial charge is 0.507 e. The summed E-state index contributed by atoms with van der Waals surface area (Å²) >= 11 is 0. The van der Waals surface area contributed by atoms with E-state index in [9.17, 15) is 24.3 Å². The van der Waals surface area contributed by atoms with Crippen LogP contribution in [0.4, 0.5) is 5.69 Å². The van der Waals surface area contributed by atoms with Crippen molar-refractivity contribution in [1.29, 1.82) is 0 Å². The molecule has 31 heavy (non-hydrogen) atoms. The minimum Gasteiger partial charge on any atom is -0.507 e. The number of carboxylic acids is 1. The number of amides is 1. The summed E-state index contributed by atoms with van der Waals surface area (Å²) in [6, 6.07) is 8.00. The van der Waals surface area contributed by atoms with E-state index in [1.807, 2.05) is 0 Å². The summed E-state index contributed by atoms with van der Waals surface area (Å²) in [4.78, 5) is 46.1. The Morgan fingerprint density at radius 1 is 1.00 bits per heavy atom. The van der Waals surface area contributed by atoms with E-state index in [-0.39, 0.29) is 40.5 Å². The first-order chi connectivity index (χ1) is 14.6. The van der Waals surface area contributed by atoms with Gasteiger partial charge in [-0.05, 0) is 24.3 Å². The summed E-state index contributed by atoms with van der Waals surface area (Å²) in [5.41, 5.74) is 0.0899. The quantitative estimate of drug-likeness (QED) is 0.398. The fourth-order valence-corrected chi connectivity index (χ4v) is 2.85. The Morgan fingerprint density at radius 2 is 1.71 bits per heavy atom. The van der Waals surface area contributed by atoms with Crippen molar-refractivity contribution in [1.82, 2.24) is 0 Å². The molecule has 0 saturated heterocycles. The van der Waals surface area contributed by atoms with Crippen molar-refractivity contribution in [3.63, 3.8) is 0 Å². The maximum Gasteiger partial charge on any atom is 0.339 e. The highest BCUT2D eigenvalue weighted by atomic mass is 16.5. The minimum absolute atomic E-state index is 0.0500. The van der Waals surface area contributed by atoms with Crippen molar-refractivity contribution in [2.75, 3.05) is 5.32 Å². The number of aromatic carboxylic acids is 1. The van der Waals surface area contributed by atoms with E-state index in [0.717, 1.165) is 12.1 Å². The van der Waals surface area contributed by atoms with Crippen LogP contribution >= 0.6 is 0 Å². The van der Waals surface area contributed by atoms with Gasteiger partial charge in [-0.15, -0.1) is 0 Å². The highest BCUT2D eigenvalue weighted by Gasteiger charge is 2.21. The summed E-state index contributed by atoms with van der Waals surface area (Å²) in [5.74, 6) is -3.22. The molecule has 2 aromatic carbocycles. The monoisotopic (exact) mass is 427 g/mol. The lowest BCUT2D eigenvalue weighted by Gasteiger charge is -2.07. The fraction of sp³-hybridized carbons (Fsp3) is 0.143. The van der Waals surface area contributed by atoms with Gasteiger partial charge in [0.1, 0.15) is 22.6 Å². The molecule has 0 radical (unpaired) electrons. The molecule has 1 amide bonds. The van der Waals surface area contributed by atoms with Gasteiger partial charge in [0, 0.05) is 31.7 Å². The van der Waals surface area contributed by atoms with Crippen molar-refractivity contribution < 1.29 is 43.3 Å². The van der Waals surface area contributed by atoms with Crippen LogP contribution in [0.1, 0.15) is 30.0 Å². The number of rotatable bonds is 6. The van der Waals surface area contributed by atoms with Gasteiger partial charge in [0.15, 0.2) is 11.5 Å². The van der Waals surface area contributed by atoms with Gasteiger partial charge < -0.3 is 29.4 Å². The molecule has 0 bridgehead atoms. The van der Waals surface area contributed by atoms with Gasteiger partial charge in [-0.2, -0.15) is 0 Å². The number of benzene rings is 2. The normalized spacial score (nSPS) is 10.5. The van der Waals surface area contributed by atoms with E-state index in [4.69, 9.17) is 19.0 Å². The molecule has 160 valence electrons. The Bertz CT molecular complexity index is 1210. The van der Waals surface area contributed by atoms with Crippen molar-refractivity contribution >= 4 is 40.5 Å². The topological polar surface area (TPSA) is 152 Å². The van der Waals surface area contributed by atoms with Crippen LogP contribution < -0.4 is 14.8 Å². The second-order valence-corrected chi connectivity index (χ2v) is 6.46. The molecule has 0 saturated carbocycles. The molecule has 3 N–H and O–H groups in total. The molecule has 0 unspecified atom stereocenters. The number of phenols is 1. The predicted molar refractivity (Wildman–Crippen MR) is 106 cm³/mol. The molecule has 0 aliphatic carbocycles. The number of carboxylic acid groups (broad SMARTS) is 1. The number of anilines is 1. The molecule has 1 aromatic heterocycles. The number of hydrogen-bond acceptors (Lipinski definition) is 8. The zero-order valence-corrected chi connectivity index (χ0v) is 16.4. The van der Waals surface area contributed by atoms with Crippen LogP contribution in [0.2, 0.25) is 0 Å². The zero-order valence-electron chi connectivity index (χ0n) is 16.4. The second-order valence-electron chi connectivity index (χ2n) is 6.46. The van der Waals surface area contributed by atoms with E-state index in [2.05, 4.69) is 5.32 Å². The van der Waals surface area contributed by atoms with Crippen LogP contribution in [-0.4, -0.2) is 34.0 Å². The summed E-state index contributed by atoms with van der Waals surface area (Å²) in [5, 5.41) is 21.6. The van der Waals surface area contributed by atoms with Crippen molar-refractivity contribution in [2.45, 2.75) is 20.3 Å². The second kappa shape index (κ2) is 8.57. The number of esters is 2. The lowest BCUT2D eigenvalue weighted by atomic mass is 10.1. The number of ether oxygens (including phenoxy) is 2. The van der Waals surface area contributed by atoms with Gasteiger partial charge >= 0.3 is 17.9 Å². The SMILES string of the molecule is CC(=O)Oc1ccc2c(OC(C)=O)c(CC(=O)Nc3ccc(C(=O)O)c(O)c3)oc2c1. The van der Waals surface area contributed by atoms with Crippen molar-refractivity contribution in [3.05, 3.63) is 47.7 Å². The predicted octanol–water partition coefficient (Wildman–Crippen LogP) is 2.87. The van der Waals surface area contributed by atoms with E-state index in [0.29, 0.717) is 5.39 Å². The van der Waals surface area contributed by atoms with Gasteiger partial charge in [-0.1, -0.05) is 0 Å². The first kappa shape index (κ1) is 21.4. The Labute approximate surface area is 175 Å². The lowest BCUT2D eigenvalue weighted by Crippen LogP contribution is -2.15. The van der Waals surface area contributed by atoms with Crippen LogP contribution in [0.5, 0.6) is 17.2 Å². The molecule has 3 rings (SSSR count). The third-order valence-corrected chi connectivity index (χ3v) is 4.02. The van der Waals surface area contributed by atoms with Crippen LogP contribution in [0.25, 0.3) is 11.0 Å².